The van der Waals surface area contributed by atoms with Crippen LogP contribution >= 0.6 is 0 Å². The molecule has 0 saturated carbocycles. The third-order valence-corrected chi connectivity index (χ3v) is 2.84. The van der Waals surface area contributed by atoms with Crippen molar-refractivity contribution in [3.63, 3.8) is 0 Å². The summed E-state index contributed by atoms with van der Waals surface area (Å²) in [6.07, 6.45) is 1.77. The van der Waals surface area contributed by atoms with Crippen molar-refractivity contribution in [1.29, 1.82) is 0 Å². The molecule has 0 unspecified atom stereocenters. The van der Waals surface area contributed by atoms with E-state index in [1.807, 2.05) is 0 Å². The lowest BCUT2D eigenvalue weighted by molar-refractivity contribution is 0.0624. The number of ether oxygens (including phenoxy) is 1. The van der Waals surface area contributed by atoms with Gasteiger partial charge in [-0.15, -0.1) is 0 Å². The van der Waals surface area contributed by atoms with Gasteiger partial charge in [-0.1, -0.05) is 5.10 Å². The molecule has 1 aromatic rings. The Morgan fingerprint density at radius 1 is 1.53 bits per heavy atom. The topological polar surface area (TPSA) is 90.9 Å². The molecule has 7 nitrogen and oxygen atoms in total. The normalized spacial score (nSPS) is 20.1. The Morgan fingerprint density at radius 3 is 2.80 bits per heavy atom. The second kappa shape index (κ2) is 4.11. The van der Waals surface area contributed by atoms with Gasteiger partial charge in [-0.25, -0.2) is 4.68 Å². The number of nitrogens with one attached hydrogen (secondary N) is 1. The van der Waals surface area contributed by atoms with Crippen LogP contribution < -0.4 is 11.1 Å². The molecule has 7 heteroatoms. The molecule has 1 saturated heterocycles. The van der Waals surface area contributed by atoms with Gasteiger partial charge >= 0.3 is 0 Å². The number of aryl methyl sites for hydroxylation is 1. The van der Waals surface area contributed by atoms with Crippen LogP contribution in [-0.2, 0) is 11.8 Å². The second-order valence-electron chi connectivity index (χ2n) is 3.85. The molecule has 0 amide bonds. The summed E-state index contributed by atoms with van der Waals surface area (Å²) in [5.41, 5.74) is 5.68. The zero-order valence-electron chi connectivity index (χ0n) is 8.81. The van der Waals surface area contributed by atoms with Crippen molar-refractivity contribution < 1.29 is 4.74 Å². The van der Waals surface area contributed by atoms with E-state index in [0.29, 0.717) is 12.5 Å². The summed E-state index contributed by atoms with van der Waals surface area (Å²) in [4.78, 5) is 0. The molecule has 0 aromatic carbocycles. The van der Waals surface area contributed by atoms with Gasteiger partial charge in [-0.3, -0.25) is 0 Å². The van der Waals surface area contributed by atoms with Crippen LogP contribution in [-0.4, -0.2) is 45.5 Å². The predicted molar refractivity (Wildman–Crippen MR) is 54.3 cm³/mol. The molecule has 0 bridgehead atoms. The van der Waals surface area contributed by atoms with Crippen LogP contribution in [0, 0.1) is 0 Å². The van der Waals surface area contributed by atoms with Gasteiger partial charge in [0.05, 0.1) is 5.54 Å². The van der Waals surface area contributed by atoms with E-state index in [1.54, 1.807) is 11.7 Å². The van der Waals surface area contributed by atoms with E-state index in [0.717, 1.165) is 26.1 Å². The summed E-state index contributed by atoms with van der Waals surface area (Å²) >= 11 is 0. The highest BCUT2D eigenvalue weighted by Crippen LogP contribution is 2.23. The monoisotopic (exact) mass is 212 g/mol. The van der Waals surface area contributed by atoms with Crippen molar-refractivity contribution in [3.05, 3.63) is 0 Å². The number of anilines is 1. The lowest BCUT2D eigenvalue weighted by atomic mass is 9.90. The van der Waals surface area contributed by atoms with Gasteiger partial charge in [0.25, 0.3) is 0 Å². The van der Waals surface area contributed by atoms with E-state index < -0.39 is 0 Å². The molecular formula is C8H16N6O. The Kier molecular flexibility index (Phi) is 2.83. The van der Waals surface area contributed by atoms with Crippen LogP contribution in [0.2, 0.25) is 0 Å². The molecule has 0 radical (unpaired) electrons. The molecule has 1 aliphatic heterocycles. The first-order chi connectivity index (χ1) is 7.26. The van der Waals surface area contributed by atoms with Crippen molar-refractivity contribution in [3.8, 4) is 0 Å². The van der Waals surface area contributed by atoms with Crippen LogP contribution in [0.5, 0.6) is 0 Å². The smallest absolute Gasteiger partial charge is 0.243 e. The Labute approximate surface area is 88.0 Å². The molecule has 0 atom stereocenters. The standard InChI is InChI=1S/C8H16N6O/c1-14-7(11-12-13-14)10-8(6-9)2-4-15-5-3-8/h2-6,9H2,1H3,(H,10,11,13). The second-order valence-corrected chi connectivity index (χ2v) is 3.85. The van der Waals surface area contributed by atoms with Crippen molar-refractivity contribution in [2.75, 3.05) is 25.1 Å². The maximum absolute atomic E-state index is 5.81. The summed E-state index contributed by atoms with van der Waals surface area (Å²) < 4.78 is 6.93. The molecule has 2 rings (SSSR count). The van der Waals surface area contributed by atoms with Gasteiger partial charge < -0.3 is 15.8 Å². The first-order valence-electron chi connectivity index (χ1n) is 5.04. The number of aromatic nitrogens is 4. The fraction of sp³-hybridized carbons (Fsp3) is 0.875. The Bertz CT molecular complexity index is 319. The lowest BCUT2D eigenvalue weighted by Crippen LogP contribution is -2.50. The quantitative estimate of drug-likeness (QED) is 0.677. The highest BCUT2D eigenvalue weighted by atomic mass is 16.5. The number of hydrogen-bond acceptors (Lipinski definition) is 6. The first kappa shape index (κ1) is 10.3. The summed E-state index contributed by atoms with van der Waals surface area (Å²) in [7, 11) is 1.80. The van der Waals surface area contributed by atoms with Gasteiger partial charge in [0.15, 0.2) is 0 Å². The van der Waals surface area contributed by atoms with Gasteiger partial charge in [0, 0.05) is 26.8 Å². The van der Waals surface area contributed by atoms with Gasteiger partial charge in [0.1, 0.15) is 0 Å². The van der Waals surface area contributed by atoms with E-state index >= 15 is 0 Å². The third-order valence-electron chi connectivity index (χ3n) is 2.84. The minimum Gasteiger partial charge on any atom is -0.381 e. The van der Waals surface area contributed by atoms with Crippen molar-refractivity contribution in [1.82, 2.24) is 20.2 Å². The van der Waals surface area contributed by atoms with Gasteiger partial charge in [-0.2, -0.15) is 0 Å². The fourth-order valence-corrected chi connectivity index (χ4v) is 1.71. The number of nitrogens with two attached hydrogens (primary N) is 1. The molecule has 0 spiro atoms. The Morgan fingerprint density at radius 2 is 2.27 bits per heavy atom. The van der Waals surface area contributed by atoms with Crippen molar-refractivity contribution in [2.24, 2.45) is 12.8 Å². The molecular weight excluding hydrogens is 196 g/mol. The highest BCUT2D eigenvalue weighted by molar-refractivity contribution is 5.28. The summed E-state index contributed by atoms with van der Waals surface area (Å²) in [5.74, 6) is 0.655. The molecule has 15 heavy (non-hydrogen) atoms. The summed E-state index contributed by atoms with van der Waals surface area (Å²) in [6, 6.07) is 0. The average molecular weight is 212 g/mol. The lowest BCUT2D eigenvalue weighted by Gasteiger charge is -2.36. The molecule has 84 valence electrons. The van der Waals surface area contributed by atoms with E-state index in [9.17, 15) is 0 Å². The van der Waals surface area contributed by atoms with E-state index in [4.69, 9.17) is 10.5 Å². The van der Waals surface area contributed by atoms with Crippen LogP contribution in [0.4, 0.5) is 5.95 Å². The summed E-state index contributed by atoms with van der Waals surface area (Å²) in [6.45, 7) is 2.02. The number of nitrogens with zero attached hydrogens (tertiary/aromatic N) is 4. The Hall–Kier alpha value is -1.21. The van der Waals surface area contributed by atoms with Gasteiger partial charge in [0.2, 0.25) is 5.95 Å². The molecule has 3 N–H and O–H groups in total. The minimum absolute atomic E-state index is 0.124. The van der Waals surface area contributed by atoms with Gasteiger partial charge in [-0.05, 0) is 23.3 Å². The minimum atomic E-state index is -0.124. The Balaban J connectivity index is 2.10. The van der Waals surface area contributed by atoms with E-state index in [1.165, 1.54) is 0 Å². The fourth-order valence-electron chi connectivity index (χ4n) is 1.71. The number of rotatable bonds is 3. The molecule has 1 aromatic heterocycles. The van der Waals surface area contributed by atoms with Crippen LogP contribution in [0.3, 0.4) is 0 Å². The van der Waals surface area contributed by atoms with E-state index in [-0.39, 0.29) is 5.54 Å². The van der Waals surface area contributed by atoms with Crippen LogP contribution in [0.15, 0.2) is 0 Å². The van der Waals surface area contributed by atoms with Crippen LogP contribution in [0.25, 0.3) is 0 Å². The number of tetrazole rings is 1. The first-order valence-corrected chi connectivity index (χ1v) is 5.04. The average Bonchev–Trinajstić information content (AvgIpc) is 2.66. The predicted octanol–water partition coefficient (Wildman–Crippen LogP) is -0.870. The van der Waals surface area contributed by atoms with Crippen molar-refractivity contribution >= 4 is 5.95 Å². The molecule has 0 aliphatic carbocycles. The van der Waals surface area contributed by atoms with Crippen molar-refractivity contribution in [2.45, 2.75) is 18.4 Å². The SMILES string of the molecule is Cn1nnnc1NC1(CN)CCOCC1. The molecule has 2 heterocycles. The number of hydrogen-bond donors (Lipinski definition) is 2. The highest BCUT2D eigenvalue weighted by Gasteiger charge is 2.32. The van der Waals surface area contributed by atoms with Crippen LogP contribution in [0.1, 0.15) is 12.8 Å². The largest absolute Gasteiger partial charge is 0.381 e. The zero-order chi connectivity index (χ0) is 10.7. The van der Waals surface area contributed by atoms with E-state index in [2.05, 4.69) is 20.8 Å². The summed E-state index contributed by atoms with van der Waals surface area (Å²) in [5, 5.41) is 14.6. The third kappa shape index (κ3) is 2.07. The zero-order valence-corrected chi connectivity index (χ0v) is 8.81. The molecule has 1 fully saturated rings. The maximum atomic E-state index is 5.81. The maximum Gasteiger partial charge on any atom is 0.243 e. The molecule has 1 aliphatic rings.